The van der Waals surface area contributed by atoms with Gasteiger partial charge in [0.25, 0.3) is 0 Å². The quantitative estimate of drug-likeness (QED) is 0.733. The molecule has 1 aliphatic carbocycles. The van der Waals surface area contributed by atoms with E-state index in [2.05, 4.69) is 22.4 Å². The van der Waals surface area contributed by atoms with Crippen LogP contribution in [-0.4, -0.2) is 49.3 Å². The highest BCUT2D eigenvalue weighted by molar-refractivity contribution is 4.92. The molecule has 3 aliphatic rings. The largest absolute Gasteiger partial charge is 0.372 e. The third-order valence-corrected chi connectivity index (χ3v) is 4.01. The molecule has 0 aromatic carbocycles. The summed E-state index contributed by atoms with van der Waals surface area (Å²) >= 11 is 0. The zero-order valence-electron chi connectivity index (χ0n) is 10.6. The summed E-state index contributed by atoms with van der Waals surface area (Å²) in [5.41, 5.74) is 0. The molecule has 0 aromatic heterocycles. The second-order valence-electron chi connectivity index (χ2n) is 5.66. The monoisotopic (exact) mass is 236 g/mol. The van der Waals surface area contributed by atoms with Crippen LogP contribution in [0.4, 0.5) is 0 Å². The Morgan fingerprint density at radius 3 is 2.76 bits per heavy atom. The minimum atomic E-state index is 0.473. The van der Waals surface area contributed by atoms with Crippen LogP contribution in [0.25, 0.3) is 0 Å². The number of hydrogen-bond donors (Lipinski definition) is 1. The van der Waals surface area contributed by atoms with Crippen molar-refractivity contribution in [1.82, 2.24) is 10.2 Å². The molecule has 0 amide bonds. The number of hydrogen-bond acceptors (Lipinski definition) is 3. The van der Waals surface area contributed by atoms with E-state index in [1.807, 2.05) is 0 Å². The van der Waals surface area contributed by atoms with Crippen molar-refractivity contribution in [2.75, 3.05) is 26.2 Å². The summed E-state index contributed by atoms with van der Waals surface area (Å²) in [4.78, 5) is 2.52. The Balaban J connectivity index is 1.36. The Morgan fingerprint density at radius 1 is 1.12 bits per heavy atom. The normalized spacial score (nSPS) is 34.4. The van der Waals surface area contributed by atoms with Gasteiger partial charge in [-0.15, -0.1) is 0 Å². The summed E-state index contributed by atoms with van der Waals surface area (Å²) in [6.45, 7) is 4.53. The summed E-state index contributed by atoms with van der Waals surface area (Å²) in [6, 6.07) is 0.810. The molecular weight excluding hydrogens is 212 g/mol. The highest BCUT2D eigenvalue weighted by Gasteiger charge is 2.28. The van der Waals surface area contributed by atoms with E-state index in [-0.39, 0.29) is 0 Å². The maximum atomic E-state index is 6.11. The molecule has 0 radical (unpaired) electrons. The molecule has 1 saturated carbocycles. The summed E-state index contributed by atoms with van der Waals surface area (Å²) in [6.07, 6.45) is 12.0. The van der Waals surface area contributed by atoms with Gasteiger partial charge in [-0.05, 0) is 32.1 Å². The van der Waals surface area contributed by atoms with Crippen LogP contribution in [0.5, 0.6) is 0 Å². The minimum Gasteiger partial charge on any atom is -0.372 e. The average Bonchev–Trinajstić information content (AvgIpc) is 3.09. The standard InChI is InChI=1S/C14H24N2O/c1-2-8-16(9-3-1)11-14-7-6-13(17-14)10-15-12-4-5-12/h1-2,12-15H,3-11H2. The minimum absolute atomic E-state index is 0.473. The summed E-state index contributed by atoms with van der Waals surface area (Å²) < 4.78 is 6.11. The van der Waals surface area contributed by atoms with Gasteiger partial charge in [-0.3, -0.25) is 4.90 Å². The first kappa shape index (κ1) is 11.7. The van der Waals surface area contributed by atoms with E-state index in [1.165, 1.54) is 38.6 Å². The van der Waals surface area contributed by atoms with E-state index in [0.29, 0.717) is 12.2 Å². The Labute approximate surface area is 104 Å². The van der Waals surface area contributed by atoms with Crippen LogP contribution >= 0.6 is 0 Å². The Bertz CT molecular complexity index is 275. The van der Waals surface area contributed by atoms with Gasteiger partial charge in [0.15, 0.2) is 0 Å². The first-order chi connectivity index (χ1) is 8.40. The van der Waals surface area contributed by atoms with Gasteiger partial charge in [0.1, 0.15) is 0 Å². The van der Waals surface area contributed by atoms with Crippen LogP contribution in [0.3, 0.4) is 0 Å². The smallest absolute Gasteiger partial charge is 0.0707 e. The molecule has 96 valence electrons. The Morgan fingerprint density at radius 2 is 2.00 bits per heavy atom. The maximum absolute atomic E-state index is 6.11. The van der Waals surface area contributed by atoms with E-state index in [9.17, 15) is 0 Å². The molecule has 3 heteroatoms. The highest BCUT2D eigenvalue weighted by Crippen LogP contribution is 2.23. The topological polar surface area (TPSA) is 24.5 Å². The Hall–Kier alpha value is -0.380. The van der Waals surface area contributed by atoms with Crippen molar-refractivity contribution in [2.24, 2.45) is 0 Å². The lowest BCUT2D eigenvalue weighted by molar-refractivity contribution is 0.0249. The third kappa shape index (κ3) is 3.54. The van der Waals surface area contributed by atoms with Crippen molar-refractivity contribution in [3.63, 3.8) is 0 Å². The van der Waals surface area contributed by atoms with Gasteiger partial charge in [-0.25, -0.2) is 0 Å². The fourth-order valence-electron chi connectivity index (χ4n) is 2.79. The number of rotatable bonds is 5. The van der Waals surface area contributed by atoms with Gasteiger partial charge in [-0.1, -0.05) is 12.2 Å². The van der Waals surface area contributed by atoms with E-state index in [0.717, 1.165) is 25.7 Å². The molecule has 0 spiro atoms. The average molecular weight is 236 g/mol. The second-order valence-corrected chi connectivity index (χ2v) is 5.66. The van der Waals surface area contributed by atoms with Crippen molar-refractivity contribution >= 4 is 0 Å². The molecule has 17 heavy (non-hydrogen) atoms. The molecule has 2 atom stereocenters. The fourth-order valence-corrected chi connectivity index (χ4v) is 2.79. The van der Waals surface area contributed by atoms with Crippen LogP contribution in [-0.2, 0) is 4.74 Å². The predicted molar refractivity (Wildman–Crippen MR) is 69.1 cm³/mol. The first-order valence-electron chi connectivity index (χ1n) is 7.16. The molecule has 3 nitrogen and oxygen atoms in total. The SMILES string of the molecule is C1=CCN(CC2CCC(CNC3CC3)O2)CC1. The van der Waals surface area contributed by atoms with Crippen molar-refractivity contribution < 1.29 is 4.74 Å². The molecule has 0 aromatic rings. The van der Waals surface area contributed by atoms with Crippen LogP contribution in [0, 0.1) is 0 Å². The second kappa shape index (κ2) is 5.51. The van der Waals surface area contributed by atoms with Crippen molar-refractivity contribution in [2.45, 2.75) is 50.4 Å². The molecule has 1 saturated heterocycles. The third-order valence-electron chi connectivity index (χ3n) is 4.01. The highest BCUT2D eigenvalue weighted by atomic mass is 16.5. The predicted octanol–water partition coefficient (Wildman–Crippen LogP) is 1.55. The number of nitrogens with one attached hydrogen (secondary N) is 1. The van der Waals surface area contributed by atoms with Crippen molar-refractivity contribution in [3.05, 3.63) is 12.2 Å². The summed E-state index contributed by atoms with van der Waals surface area (Å²) in [5, 5.41) is 3.57. The van der Waals surface area contributed by atoms with Crippen molar-refractivity contribution in [1.29, 1.82) is 0 Å². The van der Waals surface area contributed by atoms with Crippen molar-refractivity contribution in [3.8, 4) is 0 Å². The van der Waals surface area contributed by atoms with E-state index in [4.69, 9.17) is 4.74 Å². The summed E-state index contributed by atoms with van der Waals surface area (Å²) in [7, 11) is 0. The van der Waals surface area contributed by atoms with Gasteiger partial charge >= 0.3 is 0 Å². The van der Waals surface area contributed by atoms with E-state index in [1.54, 1.807) is 0 Å². The zero-order chi connectivity index (χ0) is 11.5. The fraction of sp³-hybridized carbons (Fsp3) is 0.857. The molecule has 2 heterocycles. The van der Waals surface area contributed by atoms with Gasteiger partial charge in [0.2, 0.25) is 0 Å². The molecule has 3 rings (SSSR count). The lowest BCUT2D eigenvalue weighted by Gasteiger charge is -2.26. The lowest BCUT2D eigenvalue weighted by Crippen LogP contribution is -2.36. The zero-order valence-corrected chi connectivity index (χ0v) is 10.6. The van der Waals surface area contributed by atoms with E-state index >= 15 is 0 Å². The molecule has 2 unspecified atom stereocenters. The molecule has 1 N–H and O–H groups in total. The van der Waals surface area contributed by atoms with Gasteiger partial charge in [0.05, 0.1) is 12.2 Å². The van der Waals surface area contributed by atoms with E-state index < -0.39 is 0 Å². The van der Waals surface area contributed by atoms with Crippen LogP contribution in [0.2, 0.25) is 0 Å². The van der Waals surface area contributed by atoms with Crippen LogP contribution in [0.15, 0.2) is 12.2 Å². The number of ether oxygens (including phenoxy) is 1. The molecule has 0 bridgehead atoms. The maximum Gasteiger partial charge on any atom is 0.0707 e. The Kier molecular flexibility index (Phi) is 3.79. The first-order valence-corrected chi connectivity index (χ1v) is 7.16. The van der Waals surface area contributed by atoms with Gasteiger partial charge < -0.3 is 10.1 Å². The van der Waals surface area contributed by atoms with Gasteiger partial charge in [-0.2, -0.15) is 0 Å². The molecular formula is C14H24N2O. The van der Waals surface area contributed by atoms with Gasteiger partial charge in [0, 0.05) is 32.2 Å². The number of nitrogens with zero attached hydrogens (tertiary/aromatic N) is 1. The molecule has 2 fully saturated rings. The van der Waals surface area contributed by atoms with Crippen LogP contribution in [0.1, 0.15) is 32.1 Å². The summed E-state index contributed by atoms with van der Waals surface area (Å²) in [5.74, 6) is 0. The van der Waals surface area contributed by atoms with Crippen LogP contribution < -0.4 is 5.32 Å². The lowest BCUT2D eigenvalue weighted by atomic mass is 10.1. The molecule has 2 aliphatic heterocycles.